The molecule has 1 aromatic carbocycles. The lowest BCUT2D eigenvalue weighted by Crippen LogP contribution is -2.41. The van der Waals surface area contributed by atoms with Gasteiger partial charge in [-0.3, -0.25) is 9.59 Å². The Morgan fingerprint density at radius 1 is 1.08 bits per heavy atom. The molecule has 1 aromatic heterocycles. The summed E-state index contributed by atoms with van der Waals surface area (Å²) in [4.78, 5) is 29.7. The van der Waals surface area contributed by atoms with E-state index in [1.54, 1.807) is 0 Å². The number of carbonyl (C=O) groups excluding carboxylic acids is 2. The van der Waals surface area contributed by atoms with E-state index in [0.717, 1.165) is 25.0 Å². The number of rotatable bonds is 3. The maximum absolute atomic E-state index is 12.7. The Balaban J connectivity index is 1.92. The van der Waals surface area contributed by atoms with E-state index in [0.29, 0.717) is 23.8 Å². The van der Waals surface area contributed by atoms with Crippen molar-refractivity contribution in [1.82, 2.24) is 14.9 Å². The van der Waals surface area contributed by atoms with E-state index < -0.39 is 0 Å². The molecule has 3 rings (SSSR count). The third kappa shape index (κ3) is 3.90. The zero-order valence-corrected chi connectivity index (χ0v) is 14.9. The highest BCUT2D eigenvalue weighted by molar-refractivity contribution is 6.03. The van der Waals surface area contributed by atoms with Gasteiger partial charge in [-0.2, -0.15) is 0 Å². The van der Waals surface area contributed by atoms with E-state index in [-0.39, 0.29) is 17.4 Å². The van der Waals surface area contributed by atoms with Gasteiger partial charge in [-0.1, -0.05) is 18.2 Å². The molecule has 0 radical (unpaired) electrons. The summed E-state index contributed by atoms with van der Waals surface area (Å²) in [5.41, 5.74) is 1.58. The molecule has 0 spiro atoms. The van der Waals surface area contributed by atoms with Crippen LogP contribution >= 0.6 is 0 Å². The van der Waals surface area contributed by atoms with Crippen LogP contribution in [-0.2, 0) is 13.0 Å². The minimum atomic E-state index is -0.352. The molecule has 0 saturated heterocycles. The van der Waals surface area contributed by atoms with Gasteiger partial charge in [-0.25, -0.2) is 4.98 Å². The van der Waals surface area contributed by atoms with Crippen molar-refractivity contribution in [2.45, 2.75) is 52.1 Å². The van der Waals surface area contributed by atoms with Crippen molar-refractivity contribution in [2.24, 2.45) is 0 Å². The second kappa shape index (κ2) is 6.70. The molecule has 2 aromatic rings. The molecule has 0 saturated carbocycles. The smallest absolute Gasteiger partial charge is 0.291 e. The number of para-hydroxylation sites is 1. The van der Waals surface area contributed by atoms with Crippen molar-refractivity contribution < 1.29 is 9.59 Å². The van der Waals surface area contributed by atoms with E-state index in [4.69, 9.17) is 0 Å². The van der Waals surface area contributed by atoms with Crippen molar-refractivity contribution in [2.75, 3.05) is 5.32 Å². The van der Waals surface area contributed by atoms with Crippen LogP contribution in [0, 0.1) is 0 Å². The van der Waals surface area contributed by atoms with Crippen LogP contribution < -0.4 is 10.6 Å². The number of hydrogen-bond donors (Lipinski definition) is 2. The number of fused-ring (bicyclic) bond motifs is 1. The van der Waals surface area contributed by atoms with Crippen molar-refractivity contribution in [3.63, 3.8) is 0 Å². The molecule has 2 amide bonds. The minimum Gasteiger partial charge on any atom is -0.346 e. The Morgan fingerprint density at radius 2 is 1.80 bits per heavy atom. The Hall–Kier alpha value is -2.63. The highest BCUT2D eigenvalue weighted by Crippen LogP contribution is 2.22. The van der Waals surface area contributed by atoms with Crippen molar-refractivity contribution in [1.29, 1.82) is 0 Å². The fourth-order valence-corrected chi connectivity index (χ4v) is 3.01. The molecule has 1 aliphatic rings. The maximum atomic E-state index is 12.7. The van der Waals surface area contributed by atoms with Crippen LogP contribution in [0.1, 0.15) is 60.4 Å². The average Bonchev–Trinajstić information content (AvgIpc) is 2.94. The standard InChI is InChI=1S/C19H24N4O2/c1-19(2,3)22-17(24)15-14-11-7-8-12-23(14)16(21-15)18(25)20-13-9-5-4-6-10-13/h4-6,9-10H,7-8,11-12H2,1-3H3,(H,20,25)(H,22,24). The number of nitrogens with one attached hydrogen (secondary N) is 2. The highest BCUT2D eigenvalue weighted by Gasteiger charge is 2.28. The summed E-state index contributed by atoms with van der Waals surface area (Å²) in [5.74, 6) is -0.210. The third-order valence-corrected chi connectivity index (χ3v) is 4.06. The second-order valence-electron chi connectivity index (χ2n) is 7.36. The Labute approximate surface area is 147 Å². The minimum absolute atomic E-state index is 0.225. The van der Waals surface area contributed by atoms with E-state index >= 15 is 0 Å². The Kier molecular flexibility index (Phi) is 4.61. The number of nitrogens with zero attached hydrogens (tertiary/aromatic N) is 2. The molecule has 2 heterocycles. The van der Waals surface area contributed by atoms with E-state index in [2.05, 4.69) is 15.6 Å². The number of amides is 2. The molecule has 0 fully saturated rings. The van der Waals surface area contributed by atoms with Gasteiger partial charge in [-0.05, 0) is 52.2 Å². The molecule has 2 N–H and O–H groups in total. The van der Waals surface area contributed by atoms with E-state index in [1.807, 2.05) is 55.7 Å². The van der Waals surface area contributed by atoms with Gasteiger partial charge in [0.05, 0.1) is 5.69 Å². The first-order chi connectivity index (χ1) is 11.8. The Morgan fingerprint density at radius 3 is 2.48 bits per heavy atom. The zero-order valence-electron chi connectivity index (χ0n) is 14.9. The van der Waals surface area contributed by atoms with Crippen LogP contribution in [0.4, 0.5) is 5.69 Å². The van der Waals surface area contributed by atoms with Crippen molar-refractivity contribution >= 4 is 17.5 Å². The van der Waals surface area contributed by atoms with Crippen molar-refractivity contribution in [3.05, 3.63) is 47.5 Å². The van der Waals surface area contributed by atoms with Gasteiger partial charge in [0.15, 0.2) is 5.82 Å². The summed E-state index contributed by atoms with van der Waals surface area (Å²) in [7, 11) is 0. The van der Waals surface area contributed by atoms with Gasteiger partial charge >= 0.3 is 0 Å². The first kappa shape index (κ1) is 17.2. The highest BCUT2D eigenvalue weighted by atomic mass is 16.2. The van der Waals surface area contributed by atoms with Crippen molar-refractivity contribution in [3.8, 4) is 0 Å². The SMILES string of the molecule is CC(C)(C)NC(=O)c1nc(C(=O)Nc2ccccc2)n2c1CCCC2. The molecule has 0 bridgehead atoms. The largest absolute Gasteiger partial charge is 0.346 e. The van der Waals surface area contributed by atoms with Gasteiger partial charge in [0.25, 0.3) is 11.8 Å². The summed E-state index contributed by atoms with van der Waals surface area (Å²) in [6.45, 7) is 6.49. The molecule has 132 valence electrons. The van der Waals surface area contributed by atoms with Crippen LogP contribution in [0.15, 0.2) is 30.3 Å². The molecular formula is C19H24N4O2. The topological polar surface area (TPSA) is 76.0 Å². The number of imidazole rings is 1. The molecule has 6 nitrogen and oxygen atoms in total. The number of aromatic nitrogens is 2. The number of hydrogen-bond acceptors (Lipinski definition) is 3. The summed E-state index contributed by atoms with van der Waals surface area (Å²) in [6.07, 6.45) is 2.75. The normalized spacial score (nSPS) is 13.9. The van der Waals surface area contributed by atoms with Crippen LogP contribution in [-0.4, -0.2) is 26.9 Å². The summed E-state index contributed by atoms with van der Waals surface area (Å²) in [5, 5.41) is 5.80. The molecule has 0 unspecified atom stereocenters. The van der Waals surface area contributed by atoms with Crippen LogP contribution in [0.3, 0.4) is 0 Å². The summed E-state index contributed by atoms with van der Waals surface area (Å²) >= 11 is 0. The van der Waals surface area contributed by atoms with E-state index in [9.17, 15) is 9.59 Å². The van der Waals surface area contributed by atoms with Crippen LogP contribution in [0.25, 0.3) is 0 Å². The predicted octanol–water partition coefficient (Wildman–Crippen LogP) is 3.00. The first-order valence-electron chi connectivity index (χ1n) is 8.63. The lowest BCUT2D eigenvalue weighted by atomic mass is 10.1. The fraction of sp³-hybridized carbons (Fsp3) is 0.421. The third-order valence-electron chi connectivity index (χ3n) is 4.06. The maximum Gasteiger partial charge on any atom is 0.291 e. The monoisotopic (exact) mass is 340 g/mol. The molecular weight excluding hydrogens is 316 g/mol. The first-order valence-corrected chi connectivity index (χ1v) is 8.63. The summed E-state index contributed by atoms with van der Waals surface area (Å²) < 4.78 is 1.89. The van der Waals surface area contributed by atoms with Crippen LogP contribution in [0.5, 0.6) is 0 Å². The summed E-state index contributed by atoms with van der Waals surface area (Å²) in [6, 6.07) is 9.26. The number of carbonyl (C=O) groups is 2. The van der Waals surface area contributed by atoms with Gasteiger partial charge in [0.1, 0.15) is 5.69 Å². The second-order valence-corrected chi connectivity index (χ2v) is 7.36. The molecule has 1 aliphatic heterocycles. The van der Waals surface area contributed by atoms with Gasteiger partial charge in [0.2, 0.25) is 0 Å². The molecule has 6 heteroatoms. The Bertz CT molecular complexity index is 788. The number of benzene rings is 1. The van der Waals surface area contributed by atoms with E-state index in [1.165, 1.54) is 0 Å². The van der Waals surface area contributed by atoms with Crippen LogP contribution in [0.2, 0.25) is 0 Å². The molecule has 0 atom stereocenters. The average molecular weight is 340 g/mol. The van der Waals surface area contributed by atoms with Gasteiger partial charge < -0.3 is 15.2 Å². The zero-order chi connectivity index (χ0) is 18.0. The lowest BCUT2D eigenvalue weighted by molar-refractivity contribution is 0.0913. The fourth-order valence-electron chi connectivity index (χ4n) is 3.01. The van der Waals surface area contributed by atoms with Gasteiger partial charge in [0, 0.05) is 17.8 Å². The molecule has 0 aliphatic carbocycles. The lowest BCUT2D eigenvalue weighted by Gasteiger charge is -2.21. The number of anilines is 1. The van der Waals surface area contributed by atoms with Gasteiger partial charge in [-0.15, -0.1) is 0 Å². The predicted molar refractivity (Wildman–Crippen MR) is 96.8 cm³/mol. The quantitative estimate of drug-likeness (QED) is 0.902. The molecule has 25 heavy (non-hydrogen) atoms.